The minimum absolute atomic E-state index is 0.0509. The third kappa shape index (κ3) is 12.0. The van der Waals surface area contributed by atoms with E-state index in [1.54, 1.807) is 20.9 Å². The maximum Gasteiger partial charge on any atom is 0.314 e. The molecule has 47 heavy (non-hydrogen) atoms. The zero-order valence-electron chi connectivity index (χ0n) is 26.7. The van der Waals surface area contributed by atoms with Crippen LogP contribution in [0.15, 0.2) is 66.7 Å². The van der Waals surface area contributed by atoms with Gasteiger partial charge in [-0.25, -0.2) is 13.6 Å². The first-order chi connectivity index (χ1) is 22.4. The van der Waals surface area contributed by atoms with Crippen LogP contribution in [0, 0.1) is 11.6 Å². The number of hydrogen-bond acceptors (Lipinski definition) is 7. The number of β-amino-alcohol motifs (C(OH)–C–C–N with tert-alkyl or cyclic N) is 1. The predicted octanol–water partition coefficient (Wildman–Crippen LogP) is 2.49. The van der Waals surface area contributed by atoms with E-state index in [1.807, 2.05) is 48.5 Å². The molecule has 11 nitrogen and oxygen atoms in total. The molecule has 7 N–H and O–H groups in total. The Bertz CT molecular complexity index is 1470. The van der Waals surface area contributed by atoms with Crippen molar-refractivity contribution in [1.29, 1.82) is 0 Å². The van der Waals surface area contributed by atoms with E-state index >= 15 is 0 Å². The molecule has 0 aromatic heterocycles. The van der Waals surface area contributed by atoms with Crippen LogP contribution in [0.5, 0.6) is 0 Å². The molecule has 2 atom stereocenters. The molecule has 3 aromatic rings. The van der Waals surface area contributed by atoms with Gasteiger partial charge in [-0.3, -0.25) is 9.59 Å². The fourth-order valence-electron chi connectivity index (χ4n) is 4.63. The van der Waals surface area contributed by atoms with Gasteiger partial charge in [0.05, 0.1) is 25.9 Å². The van der Waals surface area contributed by atoms with Crippen LogP contribution < -0.4 is 26.6 Å². The Kier molecular flexibility index (Phi) is 14.2. The van der Waals surface area contributed by atoms with Gasteiger partial charge >= 0.3 is 6.03 Å². The minimum atomic E-state index is -1.19. The van der Waals surface area contributed by atoms with Gasteiger partial charge in [-0.15, -0.1) is 0 Å². The molecule has 3 aromatic carbocycles. The summed E-state index contributed by atoms with van der Waals surface area (Å²) in [7, 11) is 1.54. The second-order valence-electron chi connectivity index (χ2n) is 11.6. The Hall–Kier alpha value is -4.43. The summed E-state index contributed by atoms with van der Waals surface area (Å²) in [5.41, 5.74) is 2.46. The maximum atomic E-state index is 14.1. The molecule has 3 rings (SSSR count). The first-order valence-corrected chi connectivity index (χ1v) is 15.2. The zero-order chi connectivity index (χ0) is 34.4. The van der Waals surface area contributed by atoms with Crippen molar-refractivity contribution in [1.82, 2.24) is 26.6 Å². The van der Waals surface area contributed by atoms with E-state index in [2.05, 4.69) is 26.6 Å². The third-order valence-electron chi connectivity index (χ3n) is 7.29. The lowest BCUT2D eigenvalue weighted by molar-refractivity contribution is -0.131. The van der Waals surface area contributed by atoms with Crippen LogP contribution in [0.25, 0.3) is 11.1 Å². The Morgan fingerprint density at radius 3 is 2.26 bits per heavy atom. The number of aliphatic hydroxyl groups is 2. The molecule has 13 heteroatoms. The summed E-state index contributed by atoms with van der Waals surface area (Å²) < 4.78 is 33.7. The number of urea groups is 1. The van der Waals surface area contributed by atoms with E-state index in [0.717, 1.165) is 34.4 Å². The molecule has 0 fully saturated rings. The molecular formula is C34H43F2N5O6. The highest BCUT2D eigenvalue weighted by Gasteiger charge is 2.27. The van der Waals surface area contributed by atoms with Gasteiger partial charge in [0.1, 0.15) is 17.7 Å². The van der Waals surface area contributed by atoms with E-state index in [-0.39, 0.29) is 37.7 Å². The summed E-state index contributed by atoms with van der Waals surface area (Å²) in [5.74, 6) is -2.65. The van der Waals surface area contributed by atoms with E-state index < -0.39 is 54.3 Å². The van der Waals surface area contributed by atoms with Crippen LogP contribution >= 0.6 is 0 Å². The van der Waals surface area contributed by atoms with Crippen LogP contribution in [0.1, 0.15) is 37.0 Å². The van der Waals surface area contributed by atoms with Crippen molar-refractivity contribution in [3.63, 3.8) is 0 Å². The van der Waals surface area contributed by atoms with Crippen LogP contribution in [0.2, 0.25) is 0 Å². The molecule has 4 amide bonds. The number of carbonyl (C=O) groups is 3. The predicted molar refractivity (Wildman–Crippen MR) is 173 cm³/mol. The van der Waals surface area contributed by atoms with Gasteiger partial charge in [0, 0.05) is 44.2 Å². The van der Waals surface area contributed by atoms with Crippen LogP contribution in [-0.4, -0.2) is 72.5 Å². The van der Waals surface area contributed by atoms with E-state index in [0.29, 0.717) is 6.54 Å². The number of nitrogens with one attached hydrogen (secondary N) is 5. The van der Waals surface area contributed by atoms with E-state index in [9.17, 15) is 28.3 Å². The first kappa shape index (κ1) is 37.0. The average molecular weight is 656 g/mol. The highest BCUT2D eigenvalue weighted by Crippen LogP contribution is 2.24. The second kappa shape index (κ2) is 18.0. The van der Waals surface area contributed by atoms with Crippen LogP contribution in [0.3, 0.4) is 0 Å². The highest BCUT2D eigenvalue weighted by molar-refractivity contribution is 5.88. The number of hydrogen-bond donors (Lipinski definition) is 7. The molecule has 0 aliphatic rings. The topological polar surface area (TPSA) is 161 Å². The molecule has 0 spiro atoms. The molecule has 0 bridgehead atoms. The summed E-state index contributed by atoms with van der Waals surface area (Å²) in [6, 6.07) is 17.1. The van der Waals surface area contributed by atoms with Crippen molar-refractivity contribution in [3.8, 4) is 11.1 Å². The SMILES string of the molecule is CNC(=O)NCc1ccccc1-c1ccc(CNC(=O)[C@@H](COCc2c(F)cccc2F)NC(=O)CC(C)(C)NC[C@H](O)CO)cc1. The standard InChI is InChI=1S/C34H43F2N5O6/c1-34(2,40-18-25(43)19-42)15-31(44)41-30(21-47-20-27-28(35)9-6-10-29(27)36)32(45)38-16-22-11-13-23(14-12-22)26-8-5-4-7-24(26)17-39-33(46)37-3/h4-14,25,30,40,42-43H,15-21H2,1-3H3,(H,38,45)(H,41,44)(H2,37,39,46)/t25-,30+/m0/s1. The molecule has 0 saturated carbocycles. The summed E-state index contributed by atoms with van der Waals surface area (Å²) >= 11 is 0. The molecule has 0 unspecified atom stereocenters. The van der Waals surface area contributed by atoms with Crippen molar-refractivity contribution in [3.05, 3.63) is 95.1 Å². The molecule has 0 aliphatic carbocycles. The summed E-state index contributed by atoms with van der Waals surface area (Å²) in [6.07, 6.45) is -1.09. The van der Waals surface area contributed by atoms with E-state index in [1.165, 1.54) is 6.07 Å². The van der Waals surface area contributed by atoms with Crippen molar-refractivity contribution >= 4 is 17.8 Å². The lowest BCUT2D eigenvalue weighted by Crippen LogP contribution is -2.52. The molecule has 0 aliphatic heterocycles. The molecule has 0 heterocycles. The lowest BCUT2D eigenvalue weighted by atomic mass is 9.98. The van der Waals surface area contributed by atoms with Crippen molar-refractivity contribution in [2.24, 2.45) is 0 Å². The number of halogens is 2. The van der Waals surface area contributed by atoms with E-state index in [4.69, 9.17) is 9.84 Å². The normalized spacial score (nSPS) is 12.6. The second-order valence-corrected chi connectivity index (χ2v) is 11.6. The maximum absolute atomic E-state index is 14.1. The van der Waals surface area contributed by atoms with Gasteiger partial charge in [-0.1, -0.05) is 54.6 Å². The summed E-state index contributed by atoms with van der Waals surface area (Å²) in [6.45, 7) is 2.71. The van der Waals surface area contributed by atoms with Crippen molar-refractivity contribution < 1.29 is 38.1 Å². The van der Waals surface area contributed by atoms with Crippen LogP contribution in [-0.2, 0) is 34.0 Å². The fourth-order valence-corrected chi connectivity index (χ4v) is 4.63. The van der Waals surface area contributed by atoms with Crippen molar-refractivity contribution in [2.75, 3.05) is 26.8 Å². The summed E-state index contributed by atoms with van der Waals surface area (Å²) in [5, 5.41) is 32.4. The monoisotopic (exact) mass is 655 g/mol. The molecular weight excluding hydrogens is 612 g/mol. The van der Waals surface area contributed by atoms with Gasteiger partial charge in [0.15, 0.2) is 0 Å². The molecule has 0 saturated heterocycles. The fraction of sp³-hybridized carbons (Fsp3) is 0.382. The Morgan fingerprint density at radius 1 is 0.915 bits per heavy atom. The van der Waals surface area contributed by atoms with Crippen molar-refractivity contribution in [2.45, 2.75) is 57.6 Å². The summed E-state index contributed by atoms with van der Waals surface area (Å²) in [4.78, 5) is 37.9. The quantitative estimate of drug-likeness (QED) is 0.118. The number of ether oxygens (including phenoxy) is 1. The Balaban J connectivity index is 1.66. The lowest BCUT2D eigenvalue weighted by Gasteiger charge is -2.28. The number of aliphatic hydroxyl groups excluding tert-OH is 2. The van der Waals surface area contributed by atoms with Gasteiger partial charge < -0.3 is 41.5 Å². The smallest absolute Gasteiger partial charge is 0.314 e. The highest BCUT2D eigenvalue weighted by atomic mass is 19.1. The molecule has 254 valence electrons. The Morgan fingerprint density at radius 2 is 1.60 bits per heavy atom. The van der Waals surface area contributed by atoms with Gasteiger partial charge in [0.25, 0.3) is 0 Å². The molecule has 0 radical (unpaired) electrons. The Labute approximate surface area is 273 Å². The largest absolute Gasteiger partial charge is 0.394 e. The van der Waals surface area contributed by atoms with Gasteiger partial charge in [-0.05, 0) is 48.2 Å². The van der Waals surface area contributed by atoms with Gasteiger partial charge in [0.2, 0.25) is 11.8 Å². The number of amides is 4. The minimum Gasteiger partial charge on any atom is -0.394 e. The number of carbonyl (C=O) groups excluding carboxylic acids is 3. The third-order valence-corrected chi connectivity index (χ3v) is 7.29. The number of benzene rings is 3. The van der Waals surface area contributed by atoms with Crippen LogP contribution in [0.4, 0.5) is 13.6 Å². The number of rotatable bonds is 17. The zero-order valence-corrected chi connectivity index (χ0v) is 26.7. The first-order valence-electron chi connectivity index (χ1n) is 15.2. The average Bonchev–Trinajstić information content (AvgIpc) is 3.05. The van der Waals surface area contributed by atoms with Gasteiger partial charge in [-0.2, -0.15) is 0 Å².